The Hall–Kier alpha value is -1.49. The van der Waals surface area contributed by atoms with Gasteiger partial charge >= 0.3 is 5.97 Å². The van der Waals surface area contributed by atoms with Crippen LogP contribution in [0.5, 0.6) is 0 Å². The van der Waals surface area contributed by atoms with Crippen LogP contribution in [0.1, 0.15) is 31.2 Å². The summed E-state index contributed by atoms with van der Waals surface area (Å²) in [5.74, 6) is 0.764. The van der Waals surface area contributed by atoms with Gasteiger partial charge in [0.2, 0.25) is 5.91 Å². The van der Waals surface area contributed by atoms with Crippen molar-refractivity contribution in [2.24, 2.45) is 5.92 Å². The lowest BCUT2D eigenvalue weighted by atomic mass is 10.00. The molecule has 1 heterocycles. The summed E-state index contributed by atoms with van der Waals surface area (Å²) >= 11 is 1.89. The molecule has 0 spiro atoms. The van der Waals surface area contributed by atoms with E-state index in [1.807, 2.05) is 11.8 Å². The van der Waals surface area contributed by atoms with Crippen molar-refractivity contribution in [3.63, 3.8) is 0 Å². The summed E-state index contributed by atoms with van der Waals surface area (Å²) in [5.41, 5.74) is 1.38. The van der Waals surface area contributed by atoms with Crippen molar-refractivity contribution in [1.29, 1.82) is 0 Å². The molecule has 2 N–H and O–H groups in total. The van der Waals surface area contributed by atoms with Crippen LogP contribution in [0.2, 0.25) is 0 Å². The fourth-order valence-corrected chi connectivity index (χ4v) is 3.34. The predicted octanol–water partition coefficient (Wildman–Crippen LogP) is 2.96. The summed E-state index contributed by atoms with van der Waals surface area (Å²) in [6.07, 6.45) is 1.84. The molecule has 2 rings (SSSR count). The fraction of sp³-hybridized carbons (Fsp3) is 0.467. The van der Waals surface area contributed by atoms with Crippen molar-refractivity contribution < 1.29 is 14.7 Å². The second-order valence-corrected chi connectivity index (χ2v) is 6.29. The number of hydrogen-bond donors (Lipinski definition) is 2. The second-order valence-electron chi connectivity index (χ2n) is 5.06. The van der Waals surface area contributed by atoms with E-state index in [-0.39, 0.29) is 11.8 Å². The molecule has 0 bridgehead atoms. The van der Waals surface area contributed by atoms with E-state index in [0.29, 0.717) is 11.3 Å². The topological polar surface area (TPSA) is 66.4 Å². The van der Waals surface area contributed by atoms with Crippen molar-refractivity contribution in [2.75, 3.05) is 16.8 Å². The molecule has 0 saturated carbocycles. The summed E-state index contributed by atoms with van der Waals surface area (Å²) < 4.78 is 0. The number of carboxylic acid groups (broad SMARTS) is 1. The van der Waals surface area contributed by atoms with Crippen LogP contribution >= 0.6 is 11.8 Å². The Morgan fingerprint density at radius 3 is 2.70 bits per heavy atom. The highest BCUT2D eigenvalue weighted by Gasteiger charge is 2.21. The van der Waals surface area contributed by atoms with E-state index in [4.69, 9.17) is 5.11 Å². The smallest absolute Gasteiger partial charge is 0.310 e. The number of rotatable bonds is 4. The Morgan fingerprint density at radius 2 is 2.05 bits per heavy atom. The molecular weight excluding hydrogens is 274 g/mol. The molecule has 1 fully saturated rings. The number of carboxylic acids is 1. The van der Waals surface area contributed by atoms with Gasteiger partial charge < -0.3 is 10.4 Å². The molecule has 1 saturated heterocycles. The van der Waals surface area contributed by atoms with E-state index < -0.39 is 11.9 Å². The first-order chi connectivity index (χ1) is 9.58. The van der Waals surface area contributed by atoms with Crippen LogP contribution in [0.25, 0.3) is 0 Å². The van der Waals surface area contributed by atoms with Crippen molar-refractivity contribution in [3.05, 3.63) is 29.8 Å². The SMILES string of the molecule is CC(C(=O)O)c1cccc(NC(=O)C2CCSCC2)c1. The number of hydrogen-bond acceptors (Lipinski definition) is 3. The molecular formula is C15H19NO3S. The van der Waals surface area contributed by atoms with E-state index in [2.05, 4.69) is 5.32 Å². The van der Waals surface area contributed by atoms with E-state index >= 15 is 0 Å². The average Bonchev–Trinajstić information content (AvgIpc) is 2.47. The lowest BCUT2D eigenvalue weighted by Gasteiger charge is -2.20. The first-order valence-corrected chi connectivity index (χ1v) is 7.95. The minimum atomic E-state index is -0.863. The van der Waals surface area contributed by atoms with Gasteiger partial charge in [0.1, 0.15) is 0 Å². The Balaban J connectivity index is 2.03. The number of aliphatic carboxylic acids is 1. The average molecular weight is 293 g/mol. The van der Waals surface area contributed by atoms with Gasteiger partial charge in [-0.05, 0) is 49.0 Å². The second kappa shape index (κ2) is 6.79. The summed E-state index contributed by atoms with van der Waals surface area (Å²) in [6.45, 7) is 1.64. The standard InChI is InChI=1S/C15H19NO3S/c1-10(15(18)19)12-3-2-4-13(9-12)16-14(17)11-5-7-20-8-6-11/h2-4,9-11H,5-8H2,1H3,(H,16,17)(H,18,19). The van der Waals surface area contributed by atoms with Gasteiger partial charge in [-0.2, -0.15) is 11.8 Å². The Labute approximate surface area is 123 Å². The number of thioether (sulfide) groups is 1. The van der Waals surface area contributed by atoms with Gasteiger partial charge in [-0.1, -0.05) is 12.1 Å². The Morgan fingerprint density at radius 1 is 1.35 bits per heavy atom. The molecule has 5 heteroatoms. The summed E-state index contributed by atoms with van der Waals surface area (Å²) in [5, 5.41) is 11.9. The minimum absolute atomic E-state index is 0.0467. The Kier molecular flexibility index (Phi) is 5.06. The number of benzene rings is 1. The van der Waals surface area contributed by atoms with Gasteiger partial charge in [0.15, 0.2) is 0 Å². The molecule has 20 heavy (non-hydrogen) atoms. The molecule has 1 aromatic carbocycles. The molecule has 0 aliphatic carbocycles. The number of anilines is 1. The quantitative estimate of drug-likeness (QED) is 0.895. The number of amides is 1. The van der Waals surface area contributed by atoms with Gasteiger partial charge in [-0.3, -0.25) is 9.59 Å². The van der Waals surface area contributed by atoms with Gasteiger partial charge in [0, 0.05) is 11.6 Å². The normalized spacial score (nSPS) is 17.4. The first-order valence-electron chi connectivity index (χ1n) is 6.79. The predicted molar refractivity (Wildman–Crippen MR) is 81.2 cm³/mol. The highest BCUT2D eigenvalue weighted by Crippen LogP contribution is 2.25. The van der Waals surface area contributed by atoms with Gasteiger partial charge in [0.25, 0.3) is 0 Å². The number of nitrogens with one attached hydrogen (secondary N) is 1. The number of carbonyl (C=O) groups excluding carboxylic acids is 1. The van der Waals surface area contributed by atoms with Gasteiger partial charge in [-0.25, -0.2) is 0 Å². The largest absolute Gasteiger partial charge is 0.481 e. The third kappa shape index (κ3) is 3.76. The van der Waals surface area contributed by atoms with Gasteiger partial charge in [0.05, 0.1) is 5.92 Å². The van der Waals surface area contributed by atoms with E-state index in [9.17, 15) is 9.59 Å². The molecule has 0 radical (unpaired) electrons. The maximum Gasteiger partial charge on any atom is 0.310 e. The number of carbonyl (C=O) groups is 2. The van der Waals surface area contributed by atoms with Crippen molar-refractivity contribution in [2.45, 2.75) is 25.7 Å². The fourth-order valence-electron chi connectivity index (χ4n) is 2.23. The third-order valence-electron chi connectivity index (χ3n) is 3.62. The molecule has 1 atom stereocenters. The summed E-state index contributed by atoms with van der Waals surface area (Å²) in [7, 11) is 0. The third-order valence-corrected chi connectivity index (χ3v) is 4.67. The van der Waals surface area contributed by atoms with E-state index in [0.717, 1.165) is 24.3 Å². The van der Waals surface area contributed by atoms with Crippen molar-refractivity contribution in [3.8, 4) is 0 Å². The first kappa shape index (κ1) is 14.9. The molecule has 0 aromatic heterocycles. The lowest BCUT2D eigenvalue weighted by molar-refractivity contribution is -0.138. The van der Waals surface area contributed by atoms with Crippen molar-refractivity contribution >= 4 is 29.3 Å². The van der Waals surface area contributed by atoms with Gasteiger partial charge in [-0.15, -0.1) is 0 Å². The zero-order valence-electron chi connectivity index (χ0n) is 11.5. The summed E-state index contributed by atoms with van der Waals surface area (Å²) in [4.78, 5) is 23.1. The minimum Gasteiger partial charge on any atom is -0.481 e. The zero-order valence-corrected chi connectivity index (χ0v) is 12.3. The zero-order chi connectivity index (χ0) is 14.5. The molecule has 1 aromatic rings. The molecule has 108 valence electrons. The van der Waals surface area contributed by atoms with E-state index in [1.165, 1.54) is 0 Å². The van der Waals surface area contributed by atoms with E-state index in [1.54, 1.807) is 31.2 Å². The molecule has 4 nitrogen and oxygen atoms in total. The monoisotopic (exact) mass is 293 g/mol. The van der Waals surface area contributed by atoms with Crippen LogP contribution in [0.4, 0.5) is 5.69 Å². The highest BCUT2D eigenvalue weighted by atomic mass is 32.2. The van der Waals surface area contributed by atoms with Crippen LogP contribution in [0.3, 0.4) is 0 Å². The molecule has 1 aliphatic rings. The van der Waals surface area contributed by atoms with Crippen LogP contribution < -0.4 is 5.32 Å². The highest BCUT2D eigenvalue weighted by molar-refractivity contribution is 7.99. The Bertz CT molecular complexity index is 498. The summed E-state index contributed by atoms with van der Waals surface area (Å²) in [6, 6.07) is 7.09. The molecule has 1 unspecified atom stereocenters. The molecule has 1 amide bonds. The maximum absolute atomic E-state index is 12.1. The maximum atomic E-state index is 12.1. The van der Waals surface area contributed by atoms with Crippen LogP contribution in [0, 0.1) is 5.92 Å². The van der Waals surface area contributed by atoms with Crippen LogP contribution in [0.15, 0.2) is 24.3 Å². The molecule has 1 aliphatic heterocycles. The van der Waals surface area contributed by atoms with Crippen LogP contribution in [-0.4, -0.2) is 28.5 Å². The van der Waals surface area contributed by atoms with Crippen LogP contribution in [-0.2, 0) is 9.59 Å². The lowest BCUT2D eigenvalue weighted by Crippen LogP contribution is -2.26. The van der Waals surface area contributed by atoms with Crippen molar-refractivity contribution in [1.82, 2.24) is 0 Å².